The van der Waals surface area contributed by atoms with Crippen LogP contribution < -0.4 is 10.2 Å². The Morgan fingerprint density at radius 2 is 1.71 bits per heavy atom. The van der Waals surface area contributed by atoms with Crippen molar-refractivity contribution in [1.29, 1.82) is 0 Å². The number of benzene rings is 2. The fourth-order valence-corrected chi connectivity index (χ4v) is 4.54. The van der Waals surface area contributed by atoms with E-state index in [2.05, 4.69) is 69.2 Å². The van der Waals surface area contributed by atoms with E-state index in [0.717, 1.165) is 41.0 Å². The molecule has 0 aliphatic carbocycles. The molecule has 0 bridgehead atoms. The zero-order valence-electron chi connectivity index (χ0n) is 18.1. The molecule has 2 aromatic rings. The molecular weight excluding hydrogens is 458 g/mol. The number of morpholine rings is 2. The van der Waals surface area contributed by atoms with Crippen LogP contribution >= 0.6 is 15.9 Å². The minimum atomic E-state index is -0.00719. The number of nitrogens with one attached hydrogen (secondary N) is 1. The van der Waals surface area contributed by atoms with Gasteiger partial charge in [-0.15, -0.1) is 0 Å². The fraction of sp³-hybridized carbons (Fsp3) is 0.458. The van der Waals surface area contributed by atoms with Gasteiger partial charge in [0.1, 0.15) is 0 Å². The molecule has 0 aromatic heterocycles. The van der Waals surface area contributed by atoms with Gasteiger partial charge in [0.15, 0.2) is 0 Å². The van der Waals surface area contributed by atoms with Crippen LogP contribution in [0.4, 0.5) is 11.4 Å². The smallest absolute Gasteiger partial charge is 0.238 e. The van der Waals surface area contributed by atoms with Crippen LogP contribution in [0.1, 0.15) is 25.5 Å². The Balaban J connectivity index is 1.29. The van der Waals surface area contributed by atoms with Gasteiger partial charge in [0.25, 0.3) is 0 Å². The first kappa shape index (κ1) is 22.3. The van der Waals surface area contributed by atoms with E-state index in [4.69, 9.17) is 9.47 Å². The van der Waals surface area contributed by atoms with Crippen molar-refractivity contribution >= 4 is 33.2 Å². The molecule has 1 N–H and O–H groups in total. The molecule has 4 rings (SSSR count). The van der Waals surface area contributed by atoms with Gasteiger partial charge in [0, 0.05) is 42.0 Å². The summed E-state index contributed by atoms with van der Waals surface area (Å²) in [5.41, 5.74) is 3.11. The Morgan fingerprint density at radius 1 is 1.03 bits per heavy atom. The van der Waals surface area contributed by atoms with Gasteiger partial charge in [0.2, 0.25) is 5.91 Å². The third-order valence-electron chi connectivity index (χ3n) is 5.70. The Labute approximate surface area is 192 Å². The van der Waals surface area contributed by atoms with Crippen molar-refractivity contribution in [2.75, 3.05) is 49.5 Å². The van der Waals surface area contributed by atoms with Gasteiger partial charge < -0.3 is 19.7 Å². The summed E-state index contributed by atoms with van der Waals surface area (Å²) in [4.78, 5) is 17.1. The minimum Gasteiger partial charge on any atom is -0.372 e. The highest BCUT2D eigenvalue weighted by Crippen LogP contribution is 2.25. The van der Waals surface area contributed by atoms with Crippen LogP contribution in [0.5, 0.6) is 0 Å². The fourth-order valence-electron chi connectivity index (χ4n) is 4.27. The summed E-state index contributed by atoms with van der Waals surface area (Å²) < 4.78 is 12.8. The summed E-state index contributed by atoms with van der Waals surface area (Å²) in [6.45, 7) is 8.41. The number of carbonyl (C=O) groups excluding carboxylic acids is 1. The van der Waals surface area contributed by atoms with Crippen molar-refractivity contribution in [2.45, 2.75) is 32.2 Å². The maximum absolute atomic E-state index is 12.6. The zero-order chi connectivity index (χ0) is 21.8. The monoisotopic (exact) mass is 487 g/mol. The van der Waals surface area contributed by atoms with Crippen LogP contribution in [0.2, 0.25) is 0 Å². The molecular formula is C24H30BrN3O3. The number of nitrogens with zero attached hydrogens (tertiary/aromatic N) is 2. The lowest BCUT2D eigenvalue weighted by Crippen LogP contribution is -2.45. The van der Waals surface area contributed by atoms with E-state index in [1.807, 2.05) is 24.3 Å². The summed E-state index contributed by atoms with van der Waals surface area (Å²) >= 11 is 3.47. The second-order valence-electron chi connectivity index (χ2n) is 8.40. The van der Waals surface area contributed by atoms with Crippen molar-refractivity contribution in [1.82, 2.24) is 4.90 Å². The van der Waals surface area contributed by atoms with Crippen LogP contribution in [-0.4, -0.2) is 62.3 Å². The normalized spacial score (nSPS) is 24.7. The number of rotatable bonds is 5. The first-order valence-corrected chi connectivity index (χ1v) is 11.7. The van der Waals surface area contributed by atoms with E-state index in [9.17, 15) is 4.79 Å². The third kappa shape index (κ3) is 6.07. The molecule has 1 amide bonds. The molecule has 166 valence electrons. The average Bonchev–Trinajstić information content (AvgIpc) is 2.74. The lowest BCUT2D eigenvalue weighted by Gasteiger charge is -2.36. The van der Waals surface area contributed by atoms with E-state index in [1.54, 1.807) is 0 Å². The highest BCUT2D eigenvalue weighted by atomic mass is 79.9. The number of hydrogen-bond acceptors (Lipinski definition) is 5. The number of anilines is 2. The number of hydrogen-bond donors (Lipinski definition) is 1. The molecule has 2 fully saturated rings. The molecule has 0 saturated carbocycles. The van der Waals surface area contributed by atoms with Crippen LogP contribution in [0.25, 0.3) is 0 Å². The maximum Gasteiger partial charge on any atom is 0.238 e. The predicted octanol–water partition coefficient (Wildman–Crippen LogP) is 4.07. The van der Waals surface area contributed by atoms with Gasteiger partial charge in [-0.3, -0.25) is 9.69 Å². The quantitative estimate of drug-likeness (QED) is 0.688. The predicted molar refractivity (Wildman–Crippen MR) is 127 cm³/mol. The molecule has 6 nitrogen and oxygen atoms in total. The van der Waals surface area contributed by atoms with E-state index in [1.165, 1.54) is 0 Å². The zero-order valence-corrected chi connectivity index (χ0v) is 19.7. The van der Waals surface area contributed by atoms with Gasteiger partial charge in [0.05, 0.1) is 31.5 Å². The van der Waals surface area contributed by atoms with Gasteiger partial charge >= 0.3 is 0 Å². The van der Waals surface area contributed by atoms with Gasteiger partial charge in [-0.2, -0.15) is 0 Å². The van der Waals surface area contributed by atoms with Crippen LogP contribution in [-0.2, 0) is 14.3 Å². The molecule has 3 atom stereocenters. The molecule has 0 spiro atoms. The molecule has 3 unspecified atom stereocenters. The van der Waals surface area contributed by atoms with Gasteiger partial charge in [-0.05, 0) is 55.8 Å². The molecule has 7 heteroatoms. The Hall–Kier alpha value is -1.93. The Bertz CT molecular complexity index is 865. The topological polar surface area (TPSA) is 54.0 Å². The number of ether oxygens (including phenoxy) is 2. The van der Waals surface area contributed by atoms with Crippen LogP contribution in [0.3, 0.4) is 0 Å². The van der Waals surface area contributed by atoms with E-state index in [-0.39, 0.29) is 24.2 Å². The van der Waals surface area contributed by atoms with E-state index >= 15 is 0 Å². The van der Waals surface area contributed by atoms with Crippen molar-refractivity contribution in [2.24, 2.45) is 0 Å². The third-order valence-corrected chi connectivity index (χ3v) is 6.22. The average molecular weight is 488 g/mol. The number of halogens is 1. The minimum absolute atomic E-state index is 0.00202. The van der Waals surface area contributed by atoms with E-state index < -0.39 is 0 Å². The molecule has 2 aromatic carbocycles. The second kappa shape index (κ2) is 10.1. The lowest BCUT2D eigenvalue weighted by atomic mass is 10.1. The van der Waals surface area contributed by atoms with Crippen LogP contribution in [0, 0.1) is 0 Å². The summed E-state index contributed by atoms with van der Waals surface area (Å²) in [6.07, 6.45) is 0.433. The summed E-state index contributed by atoms with van der Waals surface area (Å²) in [5.74, 6) is -0.00202. The molecule has 2 aliphatic rings. The SMILES string of the molecule is CC1CN(c2ccc(NC(=O)CN3CCOC(c4ccc(Br)cc4)C3)cc2)CC(C)O1. The molecule has 0 radical (unpaired) electrons. The number of carbonyl (C=O) groups is 1. The molecule has 2 heterocycles. The van der Waals surface area contributed by atoms with Crippen LogP contribution in [0.15, 0.2) is 53.0 Å². The highest BCUT2D eigenvalue weighted by Gasteiger charge is 2.24. The van der Waals surface area contributed by atoms with Crippen molar-refractivity contribution < 1.29 is 14.3 Å². The largest absolute Gasteiger partial charge is 0.372 e. The van der Waals surface area contributed by atoms with Gasteiger partial charge in [-0.25, -0.2) is 0 Å². The summed E-state index contributed by atoms with van der Waals surface area (Å²) in [7, 11) is 0. The molecule has 2 aliphatic heterocycles. The van der Waals surface area contributed by atoms with Gasteiger partial charge in [-0.1, -0.05) is 28.1 Å². The molecule has 2 saturated heterocycles. The van der Waals surface area contributed by atoms with Crippen molar-refractivity contribution in [3.8, 4) is 0 Å². The summed E-state index contributed by atoms with van der Waals surface area (Å²) in [6, 6.07) is 16.3. The first-order valence-electron chi connectivity index (χ1n) is 10.9. The standard InChI is InChI=1S/C24H30BrN3O3/c1-17-13-28(14-18(2)31-17)22-9-7-21(8-10-22)26-24(29)16-27-11-12-30-23(15-27)19-3-5-20(25)6-4-19/h3-10,17-18,23H,11-16H2,1-2H3,(H,26,29). The lowest BCUT2D eigenvalue weighted by molar-refractivity contribution is -0.119. The first-order chi connectivity index (χ1) is 15.0. The van der Waals surface area contributed by atoms with E-state index in [0.29, 0.717) is 19.7 Å². The Kier molecular flexibility index (Phi) is 7.27. The van der Waals surface area contributed by atoms with Crippen molar-refractivity contribution in [3.05, 3.63) is 58.6 Å². The van der Waals surface area contributed by atoms with Crippen molar-refractivity contribution in [3.63, 3.8) is 0 Å². The second-order valence-corrected chi connectivity index (χ2v) is 9.32. The summed E-state index contributed by atoms with van der Waals surface area (Å²) in [5, 5.41) is 3.03. The Morgan fingerprint density at radius 3 is 2.39 bits per heavy atom. The molecule has 31 heavy (non-hydrogen) atoms. The number of amides is 1. The maximum atomic E-state index is 12.6. The highest BCUT2D eigenvalue weighted by molar-refractivity contribution is 9.10.